The van der Waals surface area contributed by atoms with Crippen LogP contribution in [0.1, 0.15) is 19.3 Å². The van der Waals surface area contributed by atoms with Crippen molar-refractivity contribution in [2.75, 3.05) is 0 Å². The lowest BCUT2D eigenvalue weighted by molar-refractivity contribution is -0.145. The normalized spacial score (nSPS) is 49.7. The Hall–Kier alpha value is -0.900. The van der Waals surface area contributed by atoms with Gasteiger partial charge >= 0.3 is 0 Å². The standard InChI is InChI=1S/C8H9NO3/c10-6-4-3-8(7(11)9-6)2-1-5(4)12-8/h4-5H,1-3H2,(H,9,10,11). The Bertz CT molecular complexity index is 288. The number of hydrogen-bond donors (Lipinski definition) is 1. The van der Waals surface area contributed by atoms with E-state index in [1.165, 1.54) is 0 Å². The van der Waals surface area contributed by atoms with E-state index >= 15 is 0 Å². The van der Waals surface area contributed by atoms with Crippen LogP contribution in [0.2, 0.25) is 0 Å². The third-order valence-corrected chi connectivity index (χ3v) is 3.20. The molecule has 0 aromatic heterocycles. The van der Waals surface area contributed by atoms with Gasteiger partial charge in [-0.05, 0) is 19.3 Å². The second kappa shape index (κ2) is 1.71. The fraction of sp³-hybridized carbons (Fsp3) is 0.750. The number of fused-ring (bicyclic) bond motifs is 3. The van der Waals surface area contributed by atoms with E-state index in [0.717, 1.165) is 12.8 Å². The molecule has 3 rings (SSSR count). The van der Waals surface area contributed by atoms with Crippen LogP contribution in [0, 0.1) is 5.92 Å². The van der Waals surface area contributed by atoms with Gasteiger partial charge in [-0.2, -0.15) is 0 Å². The zero-order chi connectivity index (χ0) is 8.34. The molecule has 3 aliphatic heterocycles. The Kier molecular flexibility index (Phi) is 0.942. The highest BCUT2D eigenvalue weighted by atomic mass is 16.5. The molecular formula is C8H9NO3. The molecular weight excluding hydrogens is 158 g/mol. The van der Waals surface area contributed by atoms with E-state index in [2.05, 4.69) is 5.32 Å². The second-order valence-corrected chi connectivity index (χ2v) is 3.82. The van der Waals surface area contributed by atoms with Crippen molar-refractivity contribution in [1.82, 2.24) is 5.32 Å². The van der Waals surface area contributed by atoms with Crippen LogP contribution in [-0.2, 0) is 14.3 Å². The Morgan fingerprint density at radius 3 is 3.17 bits per heavy atom. The Balaban J connectivity index is 2.09. The number of carbonyl (C=O) groups is 2. The Morgan fingerprint density at radius 1 is 1.50 bits per heavy atom. The topological polar surface area (TPSA) is 55.4 Å². The van der Waals surface area contributed by atoms with Crippen LogP contribution in [0.15, 0.2) is 0 Å². The molecule has 2 amide bonds. The van der Waals surface area contributed by atoms with Crippen LogP contribution in [0.25, 0.3) is 0 Å². The number of nitrogens with one attached hydrogen (secondary N) is 1. The molecule has 1 spiro atoms. The number of carbonyl (C=O) groups excluding carboxylic acids is 2. The molecule has 0 aromatic rings. The van der Waals surface area contributed by atoms with E-state index in [9.17, 15) is 9.59 Å². The van der Waals surface area contributed by atoms with Gasteiger partial charge in [0.25, 0.3) is 5.91 Å². The first-order valence-corrected chi connectivity index (χ1v) is 4.24. The van der Waals surface area contributed by atoms with E-state index in [1.54, 1.807) is 0 Å². The van der Waals surface area contributed by atoms with Crippen molar-refractivity contribution in [3.63, 3.8) is 0 Å². The lowest BCUT2D eigenvalue weighted by Crippen LogP contribution is -2.54. The van der Waals surface area contributed by atoms with Crippen LogP contribution >= 0.6 is 0 Å². The van der Waals surface area contributed by atoms with Crippen LogP contribution in [0.4, 0.5) is 0 Å². The Morgan fingerprint density at radius 2 is 2.33 bits per heavy atom. The summed E-state index contributed by atoms with van der Waals surface area (Å²) >= 11 is 0. The number of rotatable bonds is 0. The summed E-state index contributed by atoms with van der Waals surface area (Å²) in [6.07, 6.45) is 2.27. The Labute approximate surface area is 69.3 Å². The van der Waals surface area contributed by atoms with Gasteiger partial charge in [0.05, 0.1) is 12.0 Å². The molecule has 64 valence electrons. The first-order chi connectivity index (χ1) is 5.71. The second-order valence-electron chi connectivity index (χ2n) is 3.82. The highest BCUT2D eigenvalue weighted by Crippen LogP contribution is 2.49. The van der Waals surface area contributed by atoms with Gasteiger partial charge in [-0.25, -0.2) is 0 Å². The number of imide groups is 1. The van der Waals surface area contributed by atoms with E-state index in [0.29, 0.717) is 6.42 Å². The maximum Gasteiger partial charge on any atom is 0.258 e. The van der Waals surface area contributed by atoms with Crippen molar-refractivity contribution in [3.8, 4) is 0 Å². The maximum atomic E-state index is 11.4. The van der Waals surface area contributed by atoms with Crippen molar-refractivity contribution in [1.29, 1.82) is 0 Å². The molecule has 0 radical (unpaired) electrons. The molecule has 12 heavy (non-hydrogen) atoms. The van der Waals surface area contributed by atoms with Crippen molar-refractivity contribution in [3.05, 3.63) is 0 Å². The van der Waals surface area contributed by atoms with Crippen LogP contribution in [0.5, 0.6) is 0 Å². The maximum absolute atomic E-state index is 11.4. The van der Waals surface area contributed by atoms with Crippen molar-refractivity contribution in [2.24, 2.45) is 5.92 Å². The van der Waals surface area contributed by atoms with Gasteiger partial charge in [-0.3, -0.25) is 14.9 Å². The third kappa shape index (κ3) is 0.545. The summed E-state index contributed by atoms with van der Waals surface area (Å²) in [5.41, 5.74) is -0.622. The van der Waals surface area contributed by atoms with Gasteiger partial charge in [0, 0.05) is 0 Å². The number of ether oxygens (including phenoxy) is 1. The lowest BCUT2D eigenvalue weighted by atomic mass is 9.77. The monoisotopic (exact) mass is 167 g/mol. The van der Waals surface area contributed by atoms with Gasteiger partial charge < -0.3 is 4.74 Å². The van der Waals surface area contributed by atoms with Gasteiger partial charge in [0.15, 0.2) is 0 Å². The molecule has 3 fully saturated rings. The van der Waals surface area contributed by atoms with Gasteiger partial charge in [0.1, 0.15) is 5.60 Å². The smallest absolute Gasteiger partial charge is 0.258 e. The van der Waals surface area contributed by atoms with E-state index in [1.807, 2.05) is 0 Å². The summed E-state index contributed by atoms with van der Waals surface area (Å²) in [5, 5.41) is 2.36. The SMILES string of the molecule is O=C1NC(=O)C23CCC(O2)C1C3. The molecule has 3 atom stereocenters. The van der Waals surface area contributed by atoms with E-state index in [-0.39, 0.29) is 23.8 Å². The van der Waals surface area contributed by atoms with Crippen LogP contribution in [0.3, 0.4) is 0 Å². The minimum absolute atomic E-state index is 0.0106. The molecule has 4 heteroatoms. The molecule has 3 saturated heterocycles. The molecule has 0 aliphatic carbocycles. The van der Waals surface area contributed by atoms with E-state index in [4.69, 9.17) is 4.74 Å². The quantitative estimate of drug-likeness (QED) is 0.498. The summed E-state index contributed by atoms with van der Waals surface area (Å²) in [6.45, 7) is 0. The molecule has 3 aliphatic rings. The highest BCUT2D eigenvalue weighted by Gasteiger charge is 2.62. The summed E-state index contributed by atoms with van der Waals surface area (Å²) in [4.78, 5) is 22.6. The molecule has 3 bridgehead atoms. The first-order valence-electron chi connectivity index (χ1n) is 4.24. The zero-order valence-electron chi connectivity index (χ0n) is 6.50. The largest absolute Gasteiger partial charge is 0.361 e. The fourth-order valence-corrected chi connectivity index (χ4v) is 2.54. The van der Waals surface area contributed by atoms with Crippen LogP contribution < -0.4 is 5.32 Å². The lowest BCUT2D eigenvalue weighted by Gasteiger charge is -2.29. The van der Waals surface area contributed by atoms with Crippen LogP contribution in [-0.4, -0.2) is 23.5 Å². The molecule has 0 aromatic carbocycles. The summed E-state index contributed by atoms with van der Waals surface area (Å²) < 4.78 is 5.53. The average molecular weight is 167 g/mol. The van der Waals surface area contributed by atoms with Gasteiger partial charge in [0.2, 0.25) is 5.91 Å². The highest BCUT2D eigenvalue weighted by molar-refractivity contribution is 6.04. The van der Waals surface area contributed by atoms with Crippen molar-refractivity contribution in [2.45, 2.75) is 31.0 Å². The molecule has 0 saturated carbocycles. The van der Waals surface area contributed by atoms with Gasteiger partial charge in [-0.1, -0.05) is 0 Å². The average Bonchev–Trinajstić information content (AvgIpc) is 2.57. The predicted molar refractivity (Wildman–Crippen MR) is 38.1 cm³/mol. The predicted octanol–water partition coefficient (Wildman–Crippen LogP) is -0.420. The number of piperidine rings is 1. The minimum Gasteiger partial charge on any atom is -0.361 e. The van der Waals surface area contributed by atoms with Crippen molar-refractivity contribution >= 4 is 11.8 Å². The number of hydrogen-bond acceptors (Lipinski definition) is 3. The first kappa shape index (κ1) is 6.60. The summed E-state index contributed by atoms with van der Waals surface area (Å²) in [6, 6.07) is 0. The molecule has 1 N–H and O–H groups in total. The zero-order valence-corrected chi connectivity index (χ0v) is 6.50. The fourth-order valence-electron chi connectivity index (χ4n) is 2.54. The number of amides is 2. The summed E-state index contributed by atoms with van der Waals surface area (Å²) in [7, 11) is 0. The summed E-state index contributed by atoms with van der Waals surface area (Å²) in [5.74, 6) is -0.418. The third-order valence-electron chi connectivity index (χ3n) is 3.20. The van der Waals surface area contributed by atoms with Crippen molar-refractivity contribution < 1.29 is 14.3 Å². The molecule has 4 nitrogen and oxygen atoms in total. The van der Waals surface area contributed by atoms with Gasteiger partial charge in [-0.15, -0.1) is 0 Å². The minimum atomic E-state index is -0.622. The molecule has 3 unspecified atom stereocenters. The van der Waals surface area contributed by atoms with E-state index < -0.39 is 5.60 Å². The molecule has 3 heterocycles.